The largest absolute Gasteiger partial charge is 0.207 e. The molecular formula is C9H10ClFS. The topological polar surface area (TPSA) is 0 Å². The van der Waals surface area contributed by atoms with E-state index in [1.54, 1.807) is 23.9 Å². The zero-order valence-corrected chi connectivity index (χ0v) is 8.17. The molecule has 0 unspecified atom stereocenters. The highest BCUT2D eigenvalue weighted by Crippen LogP contribution is 2.12. The van der Waals surface area contributed by atoms with E-state index in [-0.39, 0.29) is 5.82 Å². The lowest BCUT2D eigenvalue weighted by Gasteiger charge is -1.98. The number of benzene rings is 1. The summed E-state index contributed by atoms with van der Waals surface area (Å²) in [5.41, 5.74) is 1.14. The molecule has 0 saturated heterocycles. The summed E-state index contributed by atoms with van der Waals surface area (Å²) < 4.78 is 12.4. The maximum absolute atomic E-state index is 12.4. The molecule has 0 radical (unpaired) electrons. The average molecular weight is 205 g/mol. The predicted molar refractivity (Wildman–Crippen MR) is 53.3 cm³/mol. The third kappa shape index (κ3) is 3.46. The van der Waals surface area contributed by atoms with Crippen molar-refractivity contribution in [2.75, 3.05) is 11.6 Å². The molecule has 0 fully saturated rings. The van der Waals surface area contributed by atoms with E-state index in [1.165, 1.54) is 12.1 Å². The predicted octanol–water partition coefficient (Wildman–Crippen LogP) is 3.30. The summed E-state index contributed by atoms with van der Waals surface area (Å²) >= 11 is 7.27. The van der Waals surface area contributed by atoms with Gasteiger partial charge in [0, 0.05) is 17.4 Å². The molecule has 0 atom stereocenters. The highest BCUT2D eigenvalue weighted by atomic mass is 35.5. The Hall–Kier alpha value is -0.210. The highest BCUT2D eigenvalue weighted by molar-refractivity contribution is 7.98. The van der Waals surface area contributed by atoms with Crippen LogP contribution in [0.1, 0.15) is 5.56 Å². The van der Waals surface area contributed by atoms with Crippen LogP contribution in [0.15, 0.2) is 24.3 Å². The van der Waals surface area contributed by atoms with Gasteiger partial charge in [-0.1, -0.05) is 12.1 Å². The smallest absolute Gasteiger partial charge is 0.123 e. The van der Waals surface area contributed by atoms with Gasteiger partial charge >= 0.3 is 0 Å². The fourth-order valence-corrected chi connectivity index (χ4v) is 1.83. The van der Waals surface area contributed by atoms with Crippen molar-refractivity contribution in [2.24, 2.45) is 0 Å². The van der Waals surface area contributed by atoms with Gasteiger partial charge in [0.15, 0.2) is 0 Å². The first-order chi connectivity index (χ1) is 5.83. The van der Waals surface area contributed by atoms with Crippen LogP contribution in [0.25, 0.3) is 0 Å². The minimum atomic E-state index is -0.180. The van der Waals surface area contributed by atoms with Gasteiger partial charge in [-0.2, -0.15) is 11.8 Å². The van der Waals surface area contributed by atoms with Gasteiger partial charge in [-0.05, 0) is 17.7 Å². The molecule has 0 N–H and O–H groups in total. The Morgan fingerprint density at radius 1 is 1.25 bits per heavy atom. The lowest BCUT2D eigenvalue weighted by molar-refractivity contribution is 0.627. The van der Waals surface area contributed by atoms with Crippen LogP contribution >= 0.6 is 23.4 Å². The Labute approximate surface area is 81.1 Å². The molecule has 0 aromatic heterocycles. The first-order valence-corrected chi connectivity index (χ1v) is 5.40. The Morgan fingerprint density at radius 2 is 1.92 bits per heavy atom. The summed E-state index contributed by atoms with van der Waals surface area (Å²) in [5, 5.41) is 0. The molecule has 0 aliphatic heterocycles. The van der Waals surface area contributed by atoms with Gasteiger partial charge in [0.05, 0.1) is 0 Å². The van der Waals surface area contributed by atoms with Gasteiger partial charge in [0.25, 0.3) is 0 Å². The van der Waals surface area contributed by atoms with Crippen LogP contribution < -0.4 is 0 Å². The molecule has 0 bridgehead atoms. The van der Waals surface area contributed by atoms with E-state index in [9.17, 15) is 4.39 Å². The number of thioether (sulfide) groups is 1. The second kappa shape index (κ2) is 5.44. The van der Waals surface area contributed by atoms with E-state index in [0.717, 1.165) is 17.1 Å². The van der Waals surface area contributed by atoms with Crippen LogP contribution in [0, 0.1) is 5.82 Å². The maximum atomic E-state index is 12.4. The first kappa shape index (κ1) is 9.87. The SMILES string of the molecule is Fc1ccc(CSCCCl)cc1. The van der Waals surface area contributed by atoms with Crippen molar-refractivity contribution in [3.63, 3.8) is 0 Å². The van der Waals surface area contributed by atoms with Crippen LogP contribution in [-0.2, 0) is 5.75 Å². The van der Waals surface area contributed by atoms with Crippen molar-refractivity contribution >= 4 is 23.4 Å². The summed E-state index contributed by atoms with van der Waals surface area (Å²) in [6.07, 6.45) is 0. The third-order valence-corrected chi connectivity index (χ3v) is 2.85. The summed E-state index contributed by atoms with van der Waals surface area (Å²) in [5.74, 6) is 2.35. The summed E-state index contributed by atoms with van der Waals surface area (Å²) in [6, 6.07) is 6.57. The Balaban J connectivity index is 2.37. The third-order valence-electron chi connectivity index (χ3n) is 1.40. The number of rotatable bonds is 4. The van der Waals surface area contributed by atoms with Crippen LogP contribution in [0.3, 0.4) is 0 Å². The number of hydrogen-bond acceptors (Lipinski definition) is 1. The summed E-state index contributed by atoms with van der Waals surface area (Å²) in [7, 11) is 0. The molecule has 1 rings (SSSR count). The minimum absolute atomic E-state index is 0.180. The van der Waals surface area contributed by atoms with Gasteiger partial charge in [0.1, 0.15) is 5.82 Å². The van der Waals surface area contributed by atoms with Crippen LogP contribution in [0.4, 0.5) is 4.39 Å². The molecule has 0 amide bonds. The minimum Gasteiger partial charge on any atom is -0.207 e. The quantitative estimate of drug-likeness (QED) is 0.536. The highest BCUT2D eigenvalue weighted by Gasteiger charge is 1.93. The van der Waals surface area contributed by atoms with E-state index in [1.807, 2.05) is 0 Å². The lowest BCUT2D eigenvalue weighted by atomic mass is 10.2. The normalized spacial score (nSPS) is 10.2. The van der Waals surface area contributed by atoms with Gasteiger partial charge in [-0.3, -0.25) is 0 Å². The van der Waals surface area contributed by atoms with E-state index in [4.69, 9.17) is 11.6 Å². The van der Waals surface area contributed by atoms with Gasteiger partial charge in [-0.15, -0.1) is 11.6 Å². The summed E-state index contributed by atoms with van der Waals surface area (Å²) in [4.78, 5) is 0. The molecule has 66 valence electrons. The second-order valence-electron chi connectivity index (χ2n) is 2.37. The summed E-state index contributed by atoms with van der Waals surface area (Å²) in [6.45, 7) is 0. The number of hydrogen-bond donors (Lipinski definition) is 0. The molecule has 3 heteroatoms. The molecule has 0 aliphatic rings. The maximum Gasteiger partial charge on any atom is 0.123 e. The molecule has 1 aromatic rings. The molecule has 0 spiro atoms. The van der Waals surface area contributed by atoms with Gasteiger partial charge < -0.3 is 0 Å². The molecule has 0 saturated carbocycles. The van der Waals surface area contributed by atoms with E-state index < -0.39 is 0 Å². The van der Waals surface area contributed by atoms with Crippen molar-refractivity contribution in [3.05, 3.63) is 35.6 Å². The molecule has 0 aliphatic carbocycles. The fourth-order valence-electron chi connectivity index (χ4n) is 0.825. The Bertz CT molecular complexity index is 222. The standard InChI is InChI=1S/C9H10ClFS/c10-5-6-12-7-8-1-3-9(11)4-2-8/h1-4H,5-7H2. The van der Waals surface area contributed by atoms with E-state index >= 15 is 0 Å². The van der Waals surface area contributed by atoms with Crippen molar-refractivity contribution in [2.45, 2.75) is 5.75 Å². The Kier molecular flexibility index (Phi) is 4.48. The van der Waals surface area contributed by atoms with E-state index in [2.05, 4.69) is 0 Å². The first-order valence-electron chi connectivity index (χ1n) is 3.71. The Morgan fingerprint density at radius 3 is 2.50 bits per heavy atom. The monoisotopic (exact) mass is 204 g/mol. The van der Waals surface area contributed by atoms with Gasteiger partial charge in [0.2, 0.25) is 0 Å². The van der Waals surface area contributed by atoms with Crippen LogP contribution in [0.2, 0.25) is 0 Å². The number of halogens is 2. The molecular weight excluding hydrogens is 195 g/mol. The van der Waals surface area contributed by atoms with Crippen LogP contribution in [-0.4, -0.2) is 11.6 Å². The lowest BCUT2D eigenvalue weighted by Crippen LogP contribution is -1.84. The molecule has 0 heterocycles. The fraction of sp³-hybridized carbons (Fsp3) is 0.333. The van der Waals surface area contributed by atoms with Crippen molar-refractivity contribution < 1.29 is 4.39 Å². The van der Waals surface area contributed by atoms with Crippen molar-refractivity contribution in [1.82, 2.24) is 0 Å². The van der Waals surface area contributed by atoms with Crippen LogP contribution in [0.5, 0.6) is 0 Å². The molecule has 1 aromatic carbocycles. The van der Waals surface area contributed by atoms with Crippen molar-refractivity contribution in [3.8, 4) is 0 Å². The van der Waals surface area contributed by atoms with Gasteiger partial charge in [-0.25, -0.2) is 4.39 Å². The molecule has 0 nitrogen and oxygen atoms in total. The zero-order chi connectivity index (χ0) is 8.81. The van der Waals surface area contributed by atoms with E-state index in [0.29, 0.717) is 5.88 Å². The zero-order valence-electron chi connectivity index (χ0n) is 6.59. The van der Waals surface area contributed by atoms with Crippen molar-refractivity contribution in [1.29, 1.82) is 0 Å². The second-order valence-corrected chi connectivity index (χ2v) is 3.85. The molecule has 12 heavy (non-hydrogen) atoms. The average Bonchev–Trinajstić information content (AvgIpc) is 2.09. The number of alkyl halides is 1.